The van der Waals surface area contributed by atoms with Crippen LogP contribution in [0.5, 0.6) is 0 Å². The second-order valence-electron chi connectivity index (χ2n) is 14.1. The zero-order valence-corrected chi connectivity index (χ0v) is 36.2. The van der Waals surface area contributed by atoms with Gasteiger partial charge in [-0.25, -0.2) is 4.79 Å². The van der Waals surface area contributed by atoms with Crippen molar-refractivity contribution < 1.29 is 58.2 Å². The van der Waals surface area contributed by atoms with Crippen molar-refractivity contribution in [3.63, 3.8) is 0 Å². The smallest absolute Gasteiger partial charge is 0.326 e. The number of nitrogens with two attached hydrogens (primary N) is 4. The second kappa shape index (κ2) is 27.5. The van der Waals surface area contributed by atoms with Gasteiger partial charge in [-0.05, 0) is 76.4 Å². The van der Waals surface area contributed by atoms with Gasteiger partial charge in [0.2, 0.25) is 47.3 Å². The molecule has 1 aliphatic heterocycles. The van der Waals surface area contributed by atoms with Gasteiger partial charge in [0, 0.05) is 13.1 Å². The Hall–Kier alpha value is -5.37. The van der Waals surface area contributed by atoms with E-state index in [2.05, 4.69) is 36.9 Å². The van der Waals surface area contributed by atoms with Crippen LogP contribution in [0.15, 0.2) is 4.99 Å². The van der Waals surface area contributed by atoms with Crippen LogP contribution in [0.25, 0.3) is 0 Å². The van der Waals surface area contributed by atoms with E-state index in [1.165, 1.54) is 37.4 Å². The van der Waals surface area contributed by atoms with Crippen LogP contribution in [0.1, 0.15) is 65.2 Å². The summed E-state index contributed by atoms with van der Waals surface area (Å²) in [5, 5.41) is 33.4. The minimum atomic E-state index is -1.80. The molecule has 0 aliphatic carbocycles. The third-order valence-corrected chi connectivity index (χ3v) is 10.4. The van der Waals surface area contributed by atoms with Gasteiger partial charge in [0.1, 0.15) is 42.3 Å². The van der Waals surface area contributed by atoms with Gasteiger partial charge in [-0.3, -0.25) is 48.1 Å². The Kier molecular flexibility index (Phi) is 24.2. The zero-order chi connectivity index (χ0) is 46.4. The van der Waals surface area contributed by atoms with E-state index in [9.17, 15) is 58.2 Å². The molecular formula is C35H60N12O12S2. The lowest BCUT2D eigenvalue weighted by molar-refractivity contribution is -0.147. The number of carboxylic acids is 2. The Morgan fingerprint density at radius 1 is 0.689 bits per heavy atom. The predicted octanol–water partition coefficient (Wildman–Crippen LogP) is -4.75. The van der Waals surface area contributed by atoms with Crippen LogP contribution in [0, 0.1) is 0 Å². The van der Waals surface area contributed by atoms with E-state index in [0.29, 0.717) is 24.3 Å². The number of likely N-dealkylation sites (tertiary alicyclic amines) is 1. The van der Waals surface area contributed by atoms with E-state index >= 15 is 0 Å². The number of amides is 8. The highest BCUT2D eigenvalue weighted by Crippen LogP contribution is 2.20. The maximum Gasteiger partial charge on any atom is 0.326 e. The molecule has 1 heterocycles. The number of primary amides is 1. The first-order valence-corrected chi connectivity index (χ1v) is 22.1. The molecule has 8 amide bonds. The van der Waals surface area contributed by atoms with Crippen LogP contribution in [0.2, 0.25) is 0 Å². The summed E-state index contributed by atoms with van der Waals surface area (Å²) in [7, 11) is 0. The van der Waals surface area contributed by atoms with Crippen molar-refractivity contribution in [3.05, 3.63) is 0 Å². The van der Waals surface area contributed by atoms with E-state index in [4.69, 9.17) is 22.9 Å². The van der Waals surface area contributed by atoms with E-state index in [1.54, 1.807) is 6.26 Å². The molecular weight excluding hydrogens is 845 g/mol. The highest BCUT2D eigenvalue weighted by molar-refractivity contribution is 7.98. The van der Waals surface area contributed by atoms with Crippen LogP contribution in [-0.4, -0.2) is 166 Å². The lowest BCUT2D eigenvalue weighted by Crippen LogP contribution is -2.60. The molecule has 61 heavy (non-hydrogen) atoms. The monoisotopic (exact) mass is 904 g/mol. The molecule has 1 fully saturated rings. The quantitative estimate of drug-likeness (QED) is 0.0199. The molecule has 8 atom stereocenters. The molecule has 0 unspecified atom stereocenters. The summed E-state index contributed by atoms with van der Waals surface area (Å²) >= 11 is 2.85. The average Bonchev–Trinajstić information content (AvgIpc) is 3.68. The number of aliphatic carboxylic acids is 2. The number of carbonyl (C=O) groups is 10. The summed E-state index contributed by atoms with van der Waals surface area (Å²) in [5.74, 6) is -9.25. The normalized spacial score (nSPS) is 16.8. The molecule has 0 saturated carbocycles. The zero-order valence-electron chi connectivity index (χ0n) is 34.6. The number of rotatable bonds is 28. The van der Waals surface area contributed by atoms with Gasteiger partial charge in [0.25, 0.3) is 0 Å². The number of guanidine groups is 1. The highest BCUT2D eigenvalue weighted by Gasteiger charge is 2.40. The molecule has 0 aromatic rings. The van der Waals surface area contributed by atoms with E-state index in [1.807, 2.05) is 6.26 Å². The minimum absolute atomic E-state index is 0.0236. The predicted molar refractivity (Wildman–Crippen MR) is 225 cm³/mol. The Morgan fingerprint density at radius 2 is 1.23 bits per heavy atom. The van der Waals surface area contributed by atoms with Crippen LogP contribution in [0.4, 0.5) is 0 Å². The standard InChI is InChI=1S/C35H60N12O12S2/c1-17(42-30(54)20(7-5-11-40-35(38)39)43-29(53)19(36)9-13-60-3)27(51)41-18(2)28(52)45-22(15-25(37)48)31(55)46-23(16-26(49)50)33(57)47-12-6-8-24(47)32(56)44-21(34(58)59)10-14-61-4/h17-24H,5-16,36H2,1-4H3,(H2,37,48)(H,41,51)(H,42,54)(H,43,53)(H,44,56)(H,45,52)(H,46,55)(H,49,50)(H,58,59)(H4,38,39,40)/t17-,18-,19-,20-,21-,22-,23-,24-/m0/s1. The SMILES string of the molecule is CSCC[C@H](NC(=O)[C@@H]1CCCN1C(=O)[C@H](CC(=O)O)NC(=O)[C@H](CC(N)=O)NC(=O)[C@H](C)NC(=O)[C@H](C)NC(=O)[C@H](CCCN=C(N)N)NC(=O)[C@@H](N)CCSC)C(=O)O. The molecule has 1 aliphatic rings. The number of thioether (sulfide) groups is 2. The number of nitrogens with zero attached hydrogens (tertiary/aromatic N) is 2. The summed E-state index contributed by atoms with van der Waals surface area (Å²) < 4.78 is 0. The van der Waals surface area contributed by atoms with Crippen molar-refractivity contribution in [1.82, 2.24) is 36.8 Å². The van der Waals surface area contributed by atoms with Crippen LogP contribution < -0.4 is 54.8 Å². The first kappa shape index (κ1) is 53.6. The van der Waals surface area contributed by atoms with E-state index in [-0.39, 0.29) is 44.7 Å². The number of hydrogen-bond acceptors (Lipinski definition) is 14. The molecule has 0 aromatic carbocycles. The fourth-order valence-corrected chi connectivity index (χ4v) is 6.79. The maximum atomic E-state index is 13.7. The maximum absolute atomic E-state index is 13.7. The van der Waals surface area contributed by atoms with Crippen molar-refractivity contribution in [2.45, 2.75) is 114 Å². The van der Waals surface area contributed by atoms with Gasteiger partial charge in [0.15, 0.2) is 5.96 Å². The van der Waals surface area contributed by atoms with Gasteiger partial charge in [-0.2, -0.15) is 23.5 Å². The molecule has 26 heteroatoms. The largest absolute Gasteiger partial charge is 0.481 e. The number of carboxylic acid groups (broad SMARTS) is 2. The Morgan fingerprint density at radius 3 is 1.79 bits per heavy atom. The summed E-state index contributed by atoms with van der Waals surface area (Å²) in [6, 6.07) is -10.7. The molecule has 344 valence electrons. The van der Waals surface area contributed by atoms with Gasteiger partial charge >= 0.3 is 11.9 Å². The Bertz CT molecular complexity index is 1620. The first-order chi connectivity index (χ1) is 28.6. The molecule has 1 saturated heterocycles. The first-order valence-electron chi connectivity index (χ1n) is 19.3. The lowest BCUT2D eigenvalue weighted by Gasteiger charge is -2.30. The topological polar surface area (TPSA) is 403 Å². The second-order valence-corrected chi connectivity index (χ2v) is 16.1. The van der Waals surface area contributed by atoms with Crippen molar-refractivity contribution in [1.29, 1.82) is 0 Å². The van der Waals surface area contributed by atoms with Gasteiger partial charge in [0.05, 0.1) is 18.9 Å². The van der Waals surface area contributed by atoms with Crippen molar-refractivity contribution in [3.8, 4) is 0 Å². The fraction of sp³-hybridized carbons (Fsp3) is 0.686. The Balaban J connectivity index is 3.08. The van der Waals surface area contributed by atoms with Crippen molar-refractivity contribution in [2.24, 2.45) is 27.9 Å². The third-order valence-electron chi connectivity index (χ3n) is 9.15. The summed E-state index contributed by atoms with van der Waals surface area (Å²) in [4.78, 5) is 133. The summed E-state index contributed by atoms with van der Waals surface area (Å²) in [6.45, 7) is 2.63. The van der Waals surface area contributed by atoms with Crippen molar-refractivity contribution >= 4 is 88.7 Å². The van der Waals surface area contributed by atoms with Gasteiger partial charge < -0.3 is 69.9 Å². The summed E-state index contributed by atoms with van der Waals surface area (Å²) in [6.07, 6.45) is 3.01. The number of aliphatic imine (C=N–C) groups is 1. The fourth-order valence-electron chi connectivity index (χ4n) is 5.83. The molecule has 16 N–H and O–H groups in total. The minimum Gasteiger partial charge on any atom is -0.481 e. The summed E-state index contributed by atoms with van der Waals surface area (Å²) in [5.41, 5.74) is 22.0. The number of hydrogen-bond donors (Lipinski definition) is 12. The van der Waals surface area contributed by atoms with Crippen LogP contribution in [-0.2, 0) is 47.9 Å². The van der Waals surface area contributed by atoms with Gasteiger partial charge in [-0.15, -0.1) is 0 Å². The third kappa shape index (κ3) is 19.7. The lowest BCUT2D eigenvalue weighted by atomic mass is 10.1. The van der Waals surface area contributed by atoms with Crippen LogP contribution >= 0.6 is 23.5 Å². The molecule has 0 radical (unpaired) electrons. The van der Waals surface area contributed by atoms with E-state index < -0.39 is 120 Å². The molecule has 24 nitrogen and oxygen atoms in total. The highest BCUT2D eigenvalue weighted by atomic mass is 32.2. The number of nitrogens with one attached hydrogen (secondary N) is 6. The molecule has 0 spiro atoms. The van der Waals surface area contributed by atoms with Crippen LogP contribution in [0.3, 0.4) is 0 Å². The average molecular weight is 905 g/mol. The van der Waals surface area contributed by atoms with Gasteiger partial charge in [-0.1, -0.05) is 0 Å². The molecule has 0 bridgehead atoms. The molecule has 1 rings (SSSR count). The molecule has 0 aromatic heterocycles. The number of carbonyl (C=O) groups excluding carboxylic acids is 8. The van der Waals surface area contributed by atoms with E-state index in [0.717, 1.165) is 4.90 Å². The van der Waals surface area contributed by atoms with Crippen molar-refractivity contribution in [2.75, 3.05) is 37.1 Å². The Labute approximate surface area is 361 Å².